The summed E-state index contributed by atoms with van der Waals surface area (Å²) in [5.74, 6) is 0.124. The van der Waals surface area contributed by atoms with Crippen LogP contribution >= 0.6 is 11.3 Å². The Hall–Kier alpha value is -3.91. The predicted octanol–water partition coefficient (Wildman–Crippen LogP) is 3.68. The number of nitrogens with one attached hydrogen (secondary N) is 1. The summed E-state index contributed by atoms with van der Waals surface area (Å²) in [6, 6.07) is 14.7. The van der Waals surface area contributed by atoms with Gasteiger partial charge in [0.15, 0.2) is 4.80 Å². The summed E-state index contributed by atoms with van der Waals surface area (Å²) in [4.78, 5) is 35.3. The number of allylic oxidation sites excluding steroid dienone is 1. The van der Waals surface area contributed by atoms with Crippen LogP contribution in [0.25, 0.3) is 17.0 Å². The van der Waals surface area contributed by atoms with E-state index < -0.39 is 12.0 Å². The number of fused-ring (bicyclic) bond motifs is 2. The molecule has 0 spiro atoms. The van der Waals surface area contributed by atoms with E-state index in [-0.39, 0.29) is 12.2 Å². The normalized spacial score (nSPS) is 15.7. The summed E-state index contributed by atoms with van der Waals surface area (Å²) >= 11 is 1.30. The molecule has 0 fully saturated rings. The largest absolute Gasteiger partial charge is 0.494 e. The number of rotatable bonds is 6. The van der Waals surface area contributed by atoms with Gasteiger partial charge < -0.3 is 14.5 Å². The quantitative estimate of drug-likeness (QED) is 0.421. The molecule has 7 nitrogen and oxygen atoms in total. The number of thiazole rings is 1. The Labute approximate surface area is 205 Å². The number of carbonyl (C=O) groups is 1. The topological polar surface area (TPSA) is 85.7 Å². The van der Waals surface area contributed by atoms with Gasteiger partial charge in [0.1, 0.15) is 11.8 Å². The molecular formula is C27H25N3O4S. The molecule has 0 unspecified atom stereocenters. The molecular weight excluding hydrogens is 462 g/mol. The van der Waals surface area contributed by atoms with Crippen molar-refractivity contribution < 1.29 is 14.3 Å². The molecule has 1 aliphatic rings. The molecule has 1 aliphatic heterocycles. The Morgan fingerprint density at radius 2 is 1.91 bits per heavy atom. The van der Waals surface area contributed by atoms with Crippen LogP contribution < -0.4 is 19.6 Å². The van der Waals surface area contributed by atoms with Crippen molar-refractivity contribution in [3.05, 3.63) is 96.8 Å². The van der Waals surface area contributed by atoms with E-state index in [9.17, 15) is 9.59 Å². The molecule has 0 aliphatic carbocycles. The highest BCUT2D eigenvalue weighted by atomic mass is 32.1. The number of esters is 1. The van der Waals surface area contributed by atoms with Crippen LogP contribution in [-0.4, -0.2) is 28.7 Å². The van der Waals surface area contributed by atoms with Gasteiger partial charge in [-0.15, -0.1) is 0 Å². The molecule has 1 N–H and O–H groups in total. The first kappa shape index (κ1) is 22.9. The number of carbonyl (C=O) groups excluding carboxylic acids is 1. The van der Waals surface area contributed by atoms with Crippen LogP contribution in [-0.2, 0) is 9.53 Å². The second-order valence-corrected chi connectivity index (χ2v) is 9.07. The number of benzene rings is 2. The molecule has 35 heavy (non-hydrogen) atoms. The summed E-state index contributed by atoms with van der Waals surface area (Å²) in [6.45, 7) is 6.11. The Balaban J connectivity index is 1.76. The predicted molar refractivity (Wildman–Crippen MR) is 136 cm³/mol. The van der Waals surface area contributed by atoms with Crippen LogP contribution in [0, 0.1) is 0 Å². The van der Waals surface area contributed by atoms with Crippen molar-refractivity contribution in [3.8, 4) is 5.75 Å². The molecule has 4 aromatic rings. The molecule has 3 heterocycles. The maximum absolute atomic E-state index is 13.8. The summed E-state index contributed by atoms with van der Waals surface area (Å²) in [5.41, 5.74) is 3.27. The van der Waals surface area contributed by atoms with Crippen molar-refractivity contribution in [3.63, 3.8) is 0 Å². The van der Waals surface area contributed by atoms with Crippen molar-refractivity contribution in [2.75, 3.05) is 13.2 Å². The fraction of sp³-hybridized carbons (Fsp3) is 0.222. The SMILES string of the molecule is CCOC(=O)C1=C(C)N=c2s/c(=C\c3c[nH]c4ccccc34)c(=O)n2[C@@H]1c1ccccc1OCC. The van der Waals surface area contributed by atoms with E-state index in [1.165, 1.54) is 11.3 Å². The molecule has 178 valence electrons. The maximum atomic E-state index is 13.8. The fourth-order valence-electron chi connectivity index (χ4n) is 4.43. The third-order valence-corrected chi connectivity index (χ3v) is 6.92. The van der Waals surface area contributed by atoms with Gasteiger partial charge in [0.2, 0.25) is 0 Å². The van der Waals surface area contributed by atoms with Crippen LogP contribution in [0.15, 0.2) is 75.8 Å². The van der Waals surface area contributed by atoms with E-state index in [1.807, 2.05) is 67.7 Å². The van der Waals surface area contributed by atoms with Gasteiger partial charge in [-0.2, -0.15) is 0 Å². The number of aromatic amines is 1. The average molecular weight is 488 g/mol. The highest BCUT2D eigenvalue weighted by Gasteiger charge is 2.35. The van der Waals surface area contributed by atoms with Gasteiger partial charge in [-0.3, -0.25) is 9.36 Å². The Kier molecular flexibility index (Phi) is 6.13. The van der Waals surface area contributed by atoms with Crippen molar-refractivity contribution in [1.29, 1.82) is 0 Å². The van der Waals surface area contributed by atoms with E-state index in [0.29, 0.717) is 38.5 Å². The van der Waals surface area contributed by atoms with Crippen LogP contribution in [0.1, 0.15) is 37.9 Å². The smallest absolute Gasteiger partial charge is 0.338 e. The highest BCUT2D eigenvalue weighted by Crippen LogP contribution is 2.35. The van der Waals surface area contributed by atoms with E-state index in [4.69, 9.17) is 9.47 Å². The van der Waals surface area contributed by atoms with Gasteiger partial charge >= 0.3 is 5.97 Å². The number of hydrogen-bond donors (Lipinski definition) is 1. The Bertz CT molecular complexity index is 1640. The summed E-state index contributed by atoms with van der Waals surface area (Å²) in [6.07, 6.45) is 3.76. The van der Waals surface area contributed by atoms with Crippen molar-refractivity contribution >= 4 is 34.3 Å². The minimum Gasteiger partial charge on any atom is -0.494 e. The lowest BCUT2D eigenvalue weighted by Crippen LogP contribution is -2.40. The van der Waals surface area contributed by atoms with E-state index in [0.717, 1.165) is 16.5 Å². The minimum atomic E-state index is -0.710. The van der Waals surface area contributed by atoms with Crippen LogP contribution in [0.2, 0.25) is 0 Å². The summed E-state index contributed by atoms with van der Waals surface area (Å²) in [7, 11) is 0. The first-order valence-electron chi connectivity index (χ1n) is 11.5. The molecule has 2 aromatic carbocycles. The molecule has 0 bridgehead atoms. The third-order valence-electron chi connectivity index (χ3n) is 5.94. The van der Waals surface area contributed by atoms with Gasteiger partial charge in [-0.1, -0.05) is 47.7 Å². The molecule has 2 aromatic heterocycles. The Morgan fingerprint density at radius 3 is 2.71 bits per heavy atom. The lowest BCUT2D eigenvalue weighted by atomic mass is 9.95. The highest BCUT2D eigenvalue weighted by molar-refractivity contribution is 7.07. The van der Waals surface area contributed by atoms with Gasteiger partial charge in [0.05, 0.1) is 29.0 Å². The zero-order chi connectivity index (χ0) is 24.5. The summed E-state index contributed by atoms with van der Waals surface area (Å²) < 4.78 is 13.4. The zero-order valence-electron chi connectivity index (χ0n) is 19.7. The minimum absolute atomic E-state index is 0.218. The zero-order valence-corrected chi connectivity index (χ0v) is 20.5. The maximum Gasteiger partial charge on any atom is 0.338 e. The summed E-state index contributed by atoms with van der Waals surface area (Å²) in [5, 5.41) is 1.03. The monoisotopic (exact) mass is 487 g/mol. The molecule has 8 heteroatoms. The van der Waals surface area contributed by atoms with Crippen LogP contribution in [0.4, 0.5) is 0 Å². The molecule has 1 atom stereocenters. The first-order valence-corrected chi connectivity index (χ1v) is 12.3. The first-order chi connectivity index (χ1) is 17.0. The molecule has 0 saturated heterocycles. The fourth-order valence-corrected chi connectivity index (χ4v) is 5.47. The van der Waals surface area contributed by atoms with Gasteiger partial charge in [-0.25, -0.2) is 9.79 Å². The molecule has 0 amide bonds. The van der Waals surface area contributed by atoms with Crippen molar-refractivity contribution in [2.24, 2.45) is 4.99 Å². The second-order valence-electron chi connectivity index (χ2n) is 8.06. The van der Waals surface area contributed by atoms with Gasteiger partial charge in [-0.05, 0) is 39.0 Å². The van der Waals surface area contributed by atoms with Crippen molar-refractivity contribution in [1.82, 2.24) is 9.55 Å². The van der Waals surface area contributed by atoms with E-state index in [1.54, 1.807) is 18.4 Å². The number of H-pyrrole nitrogens is 1. The standard InChI is InChI=1S/C27H25N3O4S/c1-4-33-21-13-9-7-11-19(21)24-23(26(32)34-5-2)16(3)29-27-30(24)25(31)22(35-27)14-17-15-28-20-12-8-6-10-18(17)20/h6-15,24,28H,4-5H2,1-3H3/b22-14-/t24-/m1/s1. The van der Waals surface area contributed by atoms with Crippen LogP contribution in [0.3, 0.4) is 0 Å². The van der Waals surface area contributed by atoms with E-state index in [2.05, 4.69) is 9.98 Å². The number of aromatic nitrogens is 2. The number of para-hydroxylation sites is 2. The second kappa shape index (κ2) is 9.38. The molecule has 5 rings (SSSR count). The lowest BCUT2D eigenvalue weighted by molar-refractivity contribution is -0.139. The van der Waals surface area contributed by atoms with Gasteiger partial charge in [0, 0.05) is 28.2 Å². The third kappa shape index (κ3) is 4.00. The number of nitrogens with zero attached hydrogens (tertiary/aromatic N) is 2. The van der Waals surface area contributed by atoms with Crippen LogP contribution in [0.5, 0.6) is 5.75 Å². The Morgan fingerprint density at radius 1 is 1.14 bits per heavy atom. The molecule has 0 saturated carbocycles. The number of hydrogen-bond acceptors (Lipinski definition) is 6. The molecule has 0 radical (unpaired) electrons. The average Bonchev–Trinajstić information content (AvgIpc) is 3.40. The number of ether oxygens (including phenoxy) is 2. The van der Waals surface area contributed by atoms with E-state index >= 15 is 0 Å². The van der Waals surface area contributed by atoms with Crippen molar-refractivity contribution in [2.45, 2.75) is 26.8 Å². The lowest BCUT2D eigenvalue weighted by Gasteiger charge is -2.26. The van der Waals surface area contributed by atoms with Gasteiger partial charge in [0.25, 0.3) is 5.56 Å².